The van der Waals surface area contributed by atoms with E-state index in [0.717, 1.165) is 20.5 Å². The summed E-state index contributed by atoms with van der Waals surface area (Å²) in [5.74, 6) is -0.553. The summed E-state index contributed by atoms with van der Waals surface area (Å²) in [6.07, 6.45) is 1.99. The van der Waals surface area contributed by atoms with Crippen LogP contribution >= 0.6 is 23.1 Å². The molecule has 0 aliphatic heterocycles. The molecule has 1 atom stereocenters. The van der Waals surface area contributed by atoms with Gasteiger partial charge < -0.3 is 10.6 Å². The molecular weight excluding hydrogens is 473 g/mol. The Labute approximate surface area is 196 Å². The van der Waals surface area contributed by atoms with Gasteiger partial charge in [-0.25, -0.2) is 9.69 Å². The number of anilines is 1. The monoisotopic (exact) mass is 492 g/mol. The van der Waals surface area contributed by atoms with Crippen molar-refractivity contribution in [2.45, 2.75) is 29.8 Å². The molecule has 3 aromatic rings. The summed E-state index contributed by atoms with van der Waals surface area (Å²) in [6, 6.07) is 11.1. The fraction of sp³-hybridized carbons (Fsp3) is 0.227. The third kappa shape index (κ3) is 6.63. The van der Waals surface area contributed by atoms with Crippen LogP contribution in [0.2, 0.25) is 0 Å². The van der Waals surface area contributed by atoms with E-state index in [4.69, 9.17) is 0 Å². The number of thioether (sulfide) groups is 1. The molecule has 0 saturated carbocycles. The van der Waals surface area contributed by atoms with E-state index in [1.165, 1.54) is 35.6 Å². The third-order valence-electron chi connectivity index (χ3n) is 4.64. The summed E-state index contributed by atoms with van der Waals surface area (Å²) in [5.41, 5.74) is -3.28. The first kappa shape index (κ1) is 24.4. The molecule has 172 valence electrons. The summed E-state index contributed by atoms with van der Waals surface area (Å²) in [7, 11) is 0. The number of nitrogens with zero attached hydrogens (tertiary/aromatic N) is 2. The van der Waals surface area contributed by atoms with Gasteiger partial charge in [-0.2, -0.15) is 18.4 Å². The van der Waals surface area contributed by atoms with E-state index in [0.29, 0.717) is 0 Å². The fourth-order valence-corrected chi connectivity index (χ4v) is 4.66. The van der Waals surface area contributed by atoms with Crippen molar-refractivity contribution in [2.75, 3.05) is 11.9 Å². The number of thiophene rings is 1. The molecule has 2 aromatic carbocycles. The van der Waals surface area contributed by atoms with E-state index in [-0.39, 0.29) is 35.3 Å². The number of alkyl halides is 3. The lowest BCUT2D eigenvalue weighted by Crippen LogP contribution is -2.49. The average molecular weight is 493 g/mol. The molecule has 0 spiro atoms. The second kappa shape index (κ2) is 10.6. The average Bonchev–Trinajstić information content (AvgIpc) is 3.17. The number of carbonyl (C=O) groups excluding carboxylic acids is 2. The molecule has 0 saturated heterocycles. The maximum absolute atomic E-state index is 12.9. The third-order valence-corrected chi connectivity index (χ3v) is 6.39. The van der Waals surface area contributed by atoms with Gasteiger partial charge in [-0.1, -0.05) is 18.2 Å². The van der Waals surface area contributed by atoms with Gasteiger partial charge in [0.1, 0.15) is 6.04 Å². The van der Waals surface area contributed by atoms with E-state index in [1.54, 1.807) is 6.92 Å². The summed E-state index contributed by atoms with van der Waals surface area (Å²) in [5, 5.41) is 17.2. The van der Waals surface area contributed by atoms with Gasteiger partial charge in [-0.05, 0) is 65.3 Å². The van der Waals surface area contributed by atoms with Crippen molar-refractivity contribution in [3.63, 3.8) is 0 Å². The van der Waals surface area contributed by atoms with Crippen LogP contribution in [0.5, 0.6) is 0 Å². The number of benzene rings is 2. The topological polar surface area (TPSA) is 85.2 Å². The normalized spacial score (nSPS) is 12.1. The van der Waals surface area contributed by atoms with Crippen molar-refractivity contribution in [1.29, 1.82) is 5.26 Å². The molecular formula is C22H19F3N4O2S2. The maximum Gasteiger partial charge on any atom is 0.446 e. The Bertz CT molecular complexity index is 1170. The molecule has 0 radical (unpaired) electrons. The van der Waals surface area contributed by atoms with Gasteiger partial charge in [0, 0.05) is 28.2 Å². The highest BCUT2D eigenvalue weighted by molar-refractivity contribution is 8.00. The molecule has 1 heterocycles. The Hall–Kier alpha value is -3.23. The summed E-state index contributed by atoms with van der Waals surface area (Å²) < 4.78 is 38.5. The van der Waals surface area contributed by atoms with Crippen molar-refractivity contribution in [1.82, 2.24) is 10.2 Å². The Balaban J connectivity index is 1.74. The highest BCUT2D eigenvalue weighted by Gasteiger charge is 2.29. The Morgan fingerprint density at radius 1 is 1.18 bits per heavy atom. The molecule has 0 fully saturated rings. The molecule has 11 heteroatoms. The highest BCUT2D eigenvalue weighted by atomic mass is 32.2. The molecule has 2 N–H and O–H groups in total. The molecule has 33 heavy (non-hydrogen) atoms. The first-order valence-electron chi connectivity index (χ1n) is 9.79. The van der Waals surface area contributed by atoms with Crippen molar-refractivity contribution in [3.8, 4) is 6.19 Å². The molecule has 6 nitrogen and oxygen atoms in total. The summed E-state index contributed by atoms with van der Waals surface area (Å²) in [4.78, 5) is 26.4. The van der Waals surface area contributed by atoms with Crippen LogP contribution in [0.15, 0.2) is 58.8 Å². The fourth-order valence-electron chi connectivity index (χ4n) is 3.14. The number of likely N-dealkylation sites (N-methyl/N-ethyl adjacent to an activating group) is 1. The van der Waals surface area contributed by atoms with Crippen molar-refractivity contribution < 1.29 is 22.8 Å². The van der Waals surface area contributed by atoms with Crippen molar-refractivity contribution >= 4 is 50.8 Å². The zero-order valence-electron chi connectivity index (χ0n) is 17.3. The molecule has 3 rings (SSSR count). The first-order valence-corrected chi connectivity index (χ1v) is 11.5. The number of carbonyl (C=O) groups is 2. The van der Waals surface area contributed by atoms with Crippen LogP contribution < -0.4 is 10.6 Å². The van der Waals surface area contributed by atoms with Gasteiger partial charge in [0.05, 0.1) is 0 Å². The van der Waals surface area contributed by atoms with E-state index in [2.05, 4.69) is 10.6 Å². The molecule has 3 amide bonds. The standard InChI is InChI=1S/C22H19F3N4O2S2/c1-2-29(13-26)20(30)18(11-14-12-32-19-6-4-3-5-17(14)19)28-21(31)27-15-7-9-16(10-8-15)33-22(23,24)25/h3-10,12,18H,2,11H2,1H3,(H2,27,28,31). The number of hydrogen-bond donors (Lipinski definition) is 2. The van der Waals surface area contributed by atoms with E-state index >= 15 is 0 Å². The molecule has 0 aliphatic carbocycles. The van der Waals surface area contributed by atoms with Crippen LogP contribution in [-0.2, 0) is 11.2 Å². The molecule has 1 unspecified atom stereocenters. The second-order valence-electron chi connectivity index (χ2n) is 6.87. The number of halogens is 3. The van der Waals surface area contributed by atoms with Gasteiger partial charge in [-0.15, -0.1) is 11.3 Å². The van der Waals surface area contributed by atoms with E-state index in [1.807, 2.05) is 35.8 Å². The molecule has 0 aliphatic rings. The lowest BCUT2D eigenvalue weighted by atomic mass is 10.0. The SMILES string of the molecule is CCN(C#N)C(=O)C(Cc1csc2ccccc12)NC(=O)Nc1ccc(SC(F)(F)F)cc1. The summed E-state index contributed by atoms with van der Waals surface area (Å²) in [6.45, 7) is 1.80. The number of rotatable bonds is 7. The lowest BCUT2D eigenvalue weighted by molar-refractivity contribution is -0.129. The van der Waals surface area contributed by atoms with Gasteiger partial charge in [-0.3, -0.25) is 4.79 Å². The predicted octanol–water partition coefficient (Wildman–Crippen LogP) is 5.58. The van der Waals surface area contributed by atoms with Crippen molar-refractivity contribution in [2.24, 2.45) is 0 Å². The van der Waals surface area contributed by atoms with Gasteiger partial charge in [0.25, 0.3) is 5.91 Å². The number of fused-ring (bicyclic) bond motifs is 1. The number of nitrogens with one attached hydrogen (secondary N) is 2. The lowest BCUT2D eigenvalue weighted by Gasteiger charge is -2.22. The molecule has 0 bridgehead atoms. The van der Waals surface area contributed by atoms with Crippen LogP contribution in [0, 0.1) is 11.5 Å². The van der Waals surface area contributed by atoms with Crippen LogP contribution in [0.25, 0.3) is 10.1 Å². The number of hydrogen-bond acceptors (Lipinski definition) is 5. The zero-order valence-corrected chi connectivity index (χ0v) is 19.0. The van der Waals surface area contributed by atoms with Gasteiger partial charge in [0.2, 0.25) is 0 Å². The van der Waals surface area contributed by atoms with Crippen LogP contribution in [0.1, 0.15) is 12.5 Å². The predicted molar refractivity (Wildman–Crippen MR) is 123 cm³/mol. The largest absolute Gasteiger partial charge is 0.446 e. The van der Waals surface area contributed by atoms with Crippen LogP contribution in [-0.4, -0.2) is 34.9 Å². The zero-order chi connectivity index (χ0) is 24.0. The Kier molecular flexibility index (Phi) is 7.84. The van der Waals surface area contributed by atoms with Crippen LogP contribution in [0.3, 0.4) is 0 Å². The van der Waals surface area contributed by atoms with E-state index in [9.17, 15) is 28.0 Å². The minimum absolute atomic E-state index is 0.0153. The maximum atomic E-state index is 12.9. The second-order valence-corrected chi connectivity index (χ2v) is 8.92. The highest BCUT2D eigenvalue weighted by Crippen LogP contribution is 2.37. The van der Waals surface area contributed by atoms with Crippen LogP contribution in [0.4, 0.5) is 23.7 Å². The van der Waals surface area contributed by atoms with Gasteiger partial charge >= 0.3 is 11.5 Å². The summed E-state index contributed by atoms with van der Waals surface area (Å²) >= 11 is 1.26. The Morgan fingerprint density at radius 2 is 1.88 bits per heavy atom. The van der Waals surface area contributed by atoms with Gasteiger partial charge in [0.15, 0.2) is 6.19 Å². The number of urea groups is 1. The molecule has 1 aromatic heterocycles. The first-order chi connectivity index (χ1) is 15.7. The number of amides is 3. The Morgan fingerprint density at radius 3 is 2.52 bits per heavy atom. The minimum Gasteiger partial charge on any atom is -0.326 e. The quantitative estimate of drug-likeness (QED) is 0.256. The minimum atomic E-state index is -4.41. The van der Waals surface area contributed by atoms with E-state index < -0.39 is 23.5 Å². The number of nitriles is 1. The van der Waals surface area contributed by atoms with Crippen molar-refractivity contribution in [3.05, 3.63) is 59.5 Å². The smallest absolute Gasteiger partial charge is 0.326 e.